The van der Waals surface area contributed by atoms with Gasteiger partial charge in [-0.05, 0) is 19.3 Å². The summed E-state index contributed by atoms with van der Waals surface area (Å²) in [6, 6.07) is 0. The van der Waals surface area contributed by atoms with Crippen LogP contribution >= 0.6 is 11.8 Å². The summed E-state index contributed by atoms with van der Waals surface area (Å²) >= 11 is 1.24. The van der Waals surface area contributed by atoms with Crippen molar-refractivity contribution in [2.75, 3.05) is 5.75 Å². The second-order valence-corrected chi connectivity index (χ2v) is 4.38. The Morgan fingerprint density at radius 1 is 1.53 bits per heavy atom. The van der Waals surface area contributed by atoms with Crippen molar-refractivity contribution in [2.45, 2.75) is 24.3 Å². The van der Waals surface area contributed by atoms with Crippen LogP contribution in [0.2, 0.25) is 0 Å². The van der Waals surface area contributed by atoms with Crippen molar-refractivity contribution in [3.05, 3.63) is 21.7 Å². The summed E-state index contributed by atoms with van der Waals surface area (Å²) in [7, 11) is 0. The molecule has 0 bridgehead atoms. The van der Waals surface area contributed by atoms with Gasteiger partial charge in [-0.15, -0.1) is 0 Å². The molecule has 5 nitrogen and oxygen atoms in total. The number of nitrogens with one attached hydrogen (secondary N) is 1. The first-order valence-electron chi connectivity index (χ1n) is 4.70. The lowest BCUT2D eigenvalue weighted by Crippen LogP contribution is -2.17. The van der Waals surface area contributed by atoms with Crippen molar-refractivity contribution in [1.82, 2.24) is 9.97 Å². The van der Waals surface area contributed by atoms with Crippen molar-refractivity contribution in [1.29, 1.82) is 0 Å². The van der Waals surface area contributed by atoms with Crippen LogP contribution in [0.5, 0.6) is 0 Å². The largest absolute Gasteiger partial charge is 0.369 e. The van der Waals surface area contributed by atoms with Gasteiger partial charge >= 0.3 is 5.69 Å². The second-order valence-electron chi connectivity index (χ2n) is 3.41. The number of rotatable bonds is 3. The Labute approximate surface area is 90.5 Å². The Hall–Kier alpha value is -1.30. The molecule has 15 heavy (non-hydrogen) atoms. The first-order valence-corrected chi connectivity index (χ1v) is 5.68. The van der Waals surface area contributed by atoms with Gasteiger partial charge in [-0.1, -0.05) is 11.8 Å². The number of aryl methyl sites for hydroxylation is 1. The molecule has 1 heterocycles. The van der Waals surface area contributed by atoms with Crippen LogP contribution in [0.4, 0.5) is 0 Å². The minimum absolute atomic E-state index is 0.170. The number of aromatic amines is 1. The number of fused-ring (bicyclic) bond motifs is 1. The normalized spacial score (nSPS) is 13.9. The highest BCUT2D eigenvalue weighted by atomic mass is 32.2. The van der Waals surface area contributed by atoms with Crippen LogP contribution < -0.4 is 11.4 Å². The van der Waals surface area contributed by atoms with Gasteiger partial charge in [-0.25, -0.2) is 4.79 Å². The van der Waals surface area contributed by atoms with E-state index in [0.29, 0.717) is 5.03 Å². The number of primary amides is 1. The lowest BCUT2D eigenvalue weighted by atomic mass is 10.3. The molecule has 3 N–H and O–H groups in total. The first-order chi connectivity index (χ1) is 7.16. The number of thioether (sulfide) groups is 1. The van der Waals surface area contributed by atoms with Gasteiger partial charge in [0, 0.05) is 11.3 Å². The average Bonchev–Trinajstić information content (AvgIpc) is 2.61. The number of nitrogens with zero attached hydrogens (tertiary/aromatic N) is 1. The van der Waals surface area contributed by atoms with E-state index in [4.69, 9.17) is 5.73 Å². The van der Waals surface area contributed by atoms with E-state index in [0.717, 1.165) is 30.5 Å². The highest BCUT2D eigenvalue weighted by molar-refractivity contribution is 7.99. The van der Waals surface area contributed by atoms with Crippen LogP contribution in [0.1, 0.15) is 17.7 Å². The maximum Gasteiger partial charge on any atom is 0.346 e. The van der Waals surface area contributed by atoms with E-state index in [1.807, 2.05) is 0 Å². The molecule has 1 aliphatic carbocycles. The number of carbonyl (C=O) groups excluding carboxylic acids is 1. The lowest BCUT2D eigenvalue weighted by Gasteiger charge is -2.04. The smallest absolute Gasteiger partial charge is 0.346 e. The maximum atomic E-state index is 11.2. The number of hydrogen-bond acceptors (Lipinski definition) is 4. The molecule has 6 heteroatoms. The zero-order chi connectivity index (χ0) is 10.8. The summed E-state index contributed by atoms with van der Waals surface area (Å²) in [5, 5.41) is 0.657. The van der Waals surface area contributed by atoms with Crippen molar-refractivity contribution >= 4 is 17.7 Å². The fourth-order valence-corrected chi connectivity index (χ4v) is 2.52. The third-order valence-corrected chi connectivity index (χ3v) is 3.33. The predicted octanol–water partition coefficient (Wildman–Crippen LogP) is -0.164. The zero-order valence-electron chi connectivity index (χ0n) is 8.08. The summed E-state index contributed by atoms with van der Waals surface area (Å²) in [5.41, 5.74) is 6.74. The SMILES string of the molecule is NC(=O)CSc1nc(=O)[nH]c2c1CCC2. The van der Waals surface area contributed by atoms with Gasteiger partial charge in [-0.2, -0.15) is 4.98 Å². The number of nitrogens with two attached hydrogens (primary N) is 1. The Kier molecular flexibility index (Phi) is 2.77. The van der Waals surface area contributed by atoms with Crippen LogP contribution in [0.3, 0.4) is 0 Å². The van der Waals surface area contributed by atoms with Crippen LogP contribution in [-0.2, 0) is 17.6 Å². The van der Waals surface area contributed by atoms with Crippen molar-refractivity contribution in [3.63, 3.8) is 0 Å². The minimum Gasteiger partial charge on any atom is -0.369 e. The van der Waals surface area contributed by atoms with E-state index >= 15 is 0 Å². The molecule has 80 valence electrons. The Balaban J connectivity index is 2.30. The van der Waals surface area contributed by atoms with Gasteiger partial charge < -0.3 is 10.7 Å². The lowest BCUT2D eigenvalue weighted by molar-refractivity contribution is -0.115. The van der Waals surface area contributed by atoms with Crippen molar-refractivity contribution in [2.24, 2.45) is 5.73 Å². The number of aromatic nitrogens is 2. The number of hydrogen-bond donors (Lipinski definition) is 2. The van der Waals surface area contributed by atoms with Gasteiger partial charge in [0.15, 0.2) is 0 Å². The van der Waals surface area contributed by atoms with Crippen molar-refractivity contribution in [3.8, 4) is 0 Å². The molecule has 0 atom stereocenters. The zero-order valence-corrected chi connectivity index (χ0v) is 8.89. The molecule has 1 amide bonds. The van der Waals surface area contributed by atoms with Gasteiger partial charge in [0.1, 0.15) is 5.03 Å². The number of H-pyrrole nitrogens is 1. The Morgan fingerprint density at radius 2 is 2.33 bits per heavy atom. The molecule has 0 saturated carbocycles. The third-order valence-electron chi connectivity index (χ3n) is 2.29. The van der Waals surface area contributed by atoms with Gasteiger partial charge in [0.25, 0.3) is 0 Å². The van der Waals surface area contributed by atoms with Crippen LogP contribution in [0.25, 0.3) is 0 Å². The van der Waals surface area contributed by atoms with Crippen LogP contribution in [0.15, 0.2) is 9.82 Å². The molecular formula is C9H11N3O2S. The number of carbonyl (C=O) groups is 1. The summed E-state index contributed by atoms with van der Waals surface area (Å²) in [4.78, 5) is 28.4. The summed E-state index contributed by atoms with van der Waals surface area (Å²) in [5.74, 6) is -0.225. The highest BCUT2D eigenvalue weighted by Gasteiger charge is 2.18. The van der Waals surface area contributed by atoms with E-state index in [1.165, 1.54) is 11.8 Å². The predicted molar refractivity (Wildman–Crippen MR) is 56.8 cm³/mol. The minimum atomic E-state index is -0.395. The molecule has 0 spiro atoms. The van der Waals surface area contributed by atoms with Gasteiger partial charge in [0.2, 0.25) is 5.91 Å². The van der Waals surface area contributed by atoms with Crippen LogP contribution in [0, 0.1) is 0 Å². The monoisotopic (exact) mass is 225 g/mol. The second kappa shape index (κ2) is 4.06. The maximum absolute atomic E-state index is 11.2. The van der Waals surface area contributed by atoms with E-state index in [-0.39, 0.29) is 11.4 Å². The van der Waals surface area contributed by atoms with Gasteiger partial charge in [-0.3, -0.25) is 4.79 Å². The quantitative estimate of drug-likeness (QED) is 0.552. The highest BCUT2D eigenvalue weighted by Crippen LogP contribution is 2.27. The molecule has 1 aromatic rings. The average molecular weight is 225 g/mol. The molecule has 0 fully saturated rings. The molecule has 1 aromatic heterocycles. The molecule has 0 saturated heterocycles. The summed E-state index contributed by atoms with van der Waals surface area (Å²) < 4.78 is 0. The standard InChI is InChI=1S/C9H11N3O2S/c10-7(13)4-15-8-5-2-1-3-6(5)11-9(14)12-8/h1-4H2,(H2,10,13)(H,11,12,14). The topological polar surface area (TPSA) is 88.8 Å². The fourth-order valence-electron chi connectivity index (χ4n) is 1.69. The molecule has 0 unspecified atom stereocenters. The fraction of sp³-hybridized carbons (Fsp3) is 0.444. The molecule has 2 rings (SSSR count). The Morgan fingerprint density at radius 3 is 3.07 bits per heavy atom. The van der Waals surface area contributed by atoms with E-state index in [9.17, 15) is 9.59 Å². The third kappa shape index (κ3) is 2.20. The molecule has 1 aliphatic rings. The first kappa shape index (κ1) is 10.2. The van der Waals surface area contributed by atoms with E-state index in [2.05, 4.69) is 9.97 Å². The van der Waals surface area contributed by atoms with E-state index < -0.39 is 5.91 Å². The van der Waals surface area contributed by atoms with Gasteiger partial charge in [0.05, 0.1) is 5.75 Å². The van der Waals surface area contributed by atoms with Crippen LogP contribution in [-0.4, -0.2) is 21.6 Å². The molecule has 0 aliphatic heterocycles. The molecular weight excluding hydrogens is 214 g/mol. The summed E-state index contributed by atoms with van der Waals surface area (Å²) in [6.07, 6.45) is 2.83. The van der Waals surface area contributed by atoms with E-state index in [1.54, 1.807) is 0 Å². The summed E-state index contributed by atoms with van der Waals surface area (Å²) in [6.45, 7) is 0. The Bertz CT molecular complexity index is 455. The molecule has 0 aromatic carbocycles. The van der Waals surface area contributed by atoms with Crippen molar-refractivity contribution < 1.29 is 4.79 Å². The molecule has 0 radical (unpaired) electrons. The number of amides is 1.